The predicted molar refractivity (Wildman–Crippen MR) is 131 cm³/mol. The lowest BCUT2D eigenvalue weighted by molar-refractivity contribution is 0.183. The maximum Gasteiger partial charge on any atom is 0.228 e. The van der Waals surface area contributed by atoms with Crippen LogP contribution in [0.2, 0.25) is 0 Å². The number of hydrogen-bond donors (Lipinski definition) is 0. The lowest BCUT2D eigenvalue weighted by Crippen LogP contribution is -2.46. The molecule has 33 heavy (non-hydrogen) atoms. The summed E-state index contributed by atoms with van der Waals surface area (Å²) in [5.41, 5.74) is 6.07. The number of anilines is 1. The van der Waals surface area contributed by atoms with E-state index in [1.807, 2.05) is 43.3 Å². The van der Waals surface area contributed by atoms with Gasteiger partial charge in [0.2, 0.25) is 5.89 Å². The zero-order valence-corrected chi connectivity index (χ0v) is 18.7. The quantitative estimate of drug-likeness (QED) is 0.416. The number of aryl methyl sites for hydroxylation is 1. The average molecular weight is 435 g/mol. The first-order chi connectivity index (χ1) is 16.3. The second-order valence-corrected chi connectivity index (χ2v) is 8.70. The fourth-order valence-electron chi connectivity index (χ4n) is 4.85. The van der Waals surface area contributed by atoms with E-state index in [2.05, 4.69) is 58.4 Å². The van der Waals surface area contributed by atoms with Gasteiger partial charge in [-0.2, -0.15) is 10.1 Å². The highest BCUT2D eigenvalue weighted by atomic mass is 16.4. The number of fused-ring (bicyclic) bond motifs is 1. The standard InChI is InChI=1S/C28H26N4O/c1-20-27(29-28(33-20)23-13-6-3-7-14-23)32-26(18-25(30-32)22-11-4-2-5-12-22)31-17-16-21-10-8-9-15-24(21)19-31/h2-15,26H,16-19H2,1H3. The van der Waals surface area contributed by atoms with E-state index in [4.69, 9.17) is 14.5 Å². The second kappa shape index (κ2) is 8.34. The molecule has 1 atom stereocenters. The van der Waals surface area contributed by atoms with Crippen LogP contribution in [0.5, 0.6) is 0 Å². The molecule has 0 aliphatic carbocycles. The van der Waals surface area contributed by atoms with Crippen LogP contribution in [0.25, 0.3) is 11.5 Å². The van der Waals surface area contributed by atoms with Crippen molar-refractivity contribution in [3.8, 4) is 11.5 Å². The van der Waals surface area contributed by atoms with E-state index in [9.17, 15) is 0 Å². The highest BCUT2D eigenvalue weighted by molar-refractivity contribution is 6.03. The third-order valence-corrected chi connectivity index (χ3v) is 6.59. The molecule has 2 aliphatic rings. The molecule has 0 spiro atoms. The van der Waals surface area contributed by atoms with E-state index < -0.39 is 0 Å². The van der Waals surface area contributed by atoms with Crippen LogP contribution in [0, 0.1) is 6.92 Å². The van der Waals surface area contributed by atoms with Gasteiger partial charge in [-0.1, -0.05) is 72.8 Å². The largest absolute Gasteiger partial charge is 0.439 e. The van der Waals surface area contributed by atoms with Crippen LogP contribution in [0.15, 0.2) is 94.4 Å². The van der Waals surface area contributed by atoms with Gasteiger partial charge in [0.1, 0.15) is 11.9 Å². The van der Waals surface area contributed by atoms with Crippen LogP contribution in [-0.4, -0.2) is 28.3 Å². The Hall–Kier alpha value is -3.70. The summed E-state index contributed by atoms with van der Waals surface area (Å²) < 4.78 is 6.11. The molecule has 0 saturated heterocycles. The van der Waals surface area contributed by atoms with Crippen LogP contribution >= 0.6 is 0 Å². The molecule has 5 nitrogen and oxygen atoms in total. The molecule has 0 amide bonds. The zero-order valence-electron chi connectivity index (χ0n) is 18.7. The molecule has 0 fully saturated rings. The molecule has 164 valence electrons. The first kappa shape index (κ1) is 19.9. The van der Waals surface area contributed by atoms with Gasteiger partial charge < -0.3 is 4.42 Å². The van der Waals surface area contributed by atoms with Crippen LogP contribution in [0.4, 0.5) is 5.82 Å². The fourth-order valence-corrected chi connectivity index (χ4v) is 4.85. The summed E-state index contributed by atoms with van der Waals surface area (Å²) in [6.45, 7) is 3.89. The van der Waals surface area contributed by atoms with Crippen molar-refractivity contribution < 1.29 is 4.42 Å². The lowest BCUT2D eigenvalue weighted by atomic mass is 9.98. The Morgan fingerprint density at radius 1 is 0.818 bits per heavy atom. The molecular formula is C28H26N4O. The van der Waals surface area contributed by atoms with Crippen molar-refractivity contribution in [2.45, 2.75) is 32.5 Å². The van der Waals surface area contributed by atoms with E-state index in [-0.39, 0.29) is 6.17 Å². The summed E-state index contributed by atoms with van der Waals surface area (Å²) in [7, 11) is 0. The molecule has 5 heteroatoms. The Morgan fingerprint density at radius 2 is 1.48 bits per heavy atom. The normalized spacial score (nSPS) is 18.3. The van der Waals surface area contributed by atoms with E-state index >= 15 is 0 Å². The van der Waals surface area contributed by atoms with Crippen molar-refractivity contribution in [1.29, 1.82) is 0 Å². The van der Waals surface area contributed by atoms with Gasteiger partial charge >= 0.3 is 0 Å². The third-order valence-electron chi connectivity index (χ3n) is 6.59. The van der Waals surface area contributed by atoms with Gasteiger partial charge in [-0.3, -0.25) is 4.90 Å². The molecule has 1 unspecified atom stereocenters. The zero-order chi connectivity index (χ0) is 22.2. The molecule has 0 N–H and O–H groups in total. The van der Waals surface area contributed by atoms with Gasteiger partial charge in [0.25, 0.3) is 0 Å². The molecule has 0 radical (unpaired) electrons. The van der Waals surface area contributed by atoms with E-state index in [1.54, 1.807) is 0 Å². The number of rotatable bonds is 4. The smallest absolute Gasteiger partial charge is 0.228 e. The fraction of sp³-hybridized carbons (Fsp3) is 0.214. The topological polar surface area (TPSA) is 44.9 Å². The highest BCUT2D eigenvalue weighted by Crippen LogP contribution is 2.35. The number of nitrogens with zero attached hydrogens (tertiary/aromatic N) is 4. The molecule has 0 saturated carbocycles. The average Bonchev–Trinajstić information content (AvgIpc) is 3.49. The minimum Gasteiger partial charge on any atom is -0.439 e. The van der Waals surface area contributed by atoms with Crippen molar-refractivity contribution in [1.82, 2.24) is 9.88 Å². The summed E-state index contributed by atoms with van der Waals surface area (Å²) in [6.07, 6.45) is 1.99. The van der Waals surface area contributed by atoms with Crippen molar-refractivity contribution in [2.24, 2.45) is 5.10 Å². The molecule has 3 aromatic carbocycles. The second-order valence-electron chi connectivity index (χ2n) is 8.70. The predicted octanol–water partition coefficient (Wildman–Crippen LogP) is 5.65. The number of oxazole rings is 1. The van der Waals surface area contributed by atoms with E-state index in [1.165, 1.54) is 11.1 Å². The minimum absolute atomic E-state index is 0.0981. The van der Waals surface area contributed by atoms with Gasteiger partial charge in [0, 0.05) is 25.1 Å². The maximum absolute atomic E-state index is 6.11. The highest BCUT2D eigenvalue weighted by Gasteiger charge is 2.37. The van der Waals surface area contributed by atoms with Gasteiger partial charge in [-0.05, 0) is 42.2 Å². The summed E-state index contributed by atoms with van der Waals surface area (Å²) in [4.78, 5) is 7.43. The molecule has 6 rings (SSSR count). The molecular weight excluding hydrogens is 408 g/mol. The van der Waals surface area contributed by atoms with Crippen molar-refractivity contribution in [2.75, 3.05) is 11.6 Å². The SMILES string of the molecule is Cc1oc(-c2ccccc2)nc1N1N=C(c2ccccc2)CC1N1CCc2ccccc2C1. The Balaban J connectivity index is 1.38. The Kier molecular flexibility index (Phi) is 5.04. The van der Waals surface area contributed by atoms with Crippen LogP contribution < -0.4 is 5.01 Å². The molecule has 3 heterocycles. The van der Waals surface area contributed by atoms with Crippen molar-refractivity contribution in [3.63, 3.8) is 0 Å². The van der Waals surface area contributed by atoms with Crippen molar-refractivity contribution in [3.05, 3.63) is 107 Å². The monoisotopic (exact) mass is 434 g/mol. The van der Waals surface area contributed by atoms with Gasteiger partial charge in [-0.25, -0.2) is 5.01 Å². The van der Waals surface area contributed by atoms with Crippen molar-refractivity contribution >= 4 is 11.5 Å². The summed E-state index contributed by atoms with van der Waals surface area (Å²) in [6, 6.07) is 29.3. The summed E-state index contributed by atoms with van der Waals surface area (Å²) in [5.74, 6) is 2.21. The Morgan fingerprint density at radius 3 is 2.24 bits per heavy atom. The summed E-state index contributed by atoms with van der Waals surface area (Å²) >= 11 is 0. The van der Waals surface area contributed by atoms with Crippen LogP contribution in [-0.2, 0) is 13.0 Å². The van der Waals surface area contributed by atoms with E-state index in [0.717, 1.165) is 54.3 Å². The van der Waals surface area contributed by atoms with Gasteiger partial charge in [0.05, 0.1) is 5.71 Å². The Labute approximate surface area is 194 Å². The molecule has 2 aliphatic heterocycles. The number of aromatic nitrogens is 1. The van der Waals surface area contributed by atoms with Crippen LogP contribution in [0.1, 0.15) is 28.9 Å². The number of hydrazone groups is 1. The number of benzene rings is 3. The summed E-state index contributed by atoms with van der Waals surface area (Å²) in [5, 5.41) is 7.18. The first-order valence-electron chi connectivity index (χ1n) is 11.5. The first-order valence-corrected chi connectivity index (χ1v) is 11.5. The van der Waals surface area contributed by atoms with Gasteiger partial charge in [-0.15, -0.1) is 0 Å². The van der Waals surface area contributed by atoms with Gasteiger partial charge in [0.15, 0.2) is 5.82 Å². The molecule has 1 aromatic heterocycles. The number of hydrogen-bond acceptors (Lipinski definition) is 5. The lowest BCUT2D eigenvalue weighted by Gasteiger charge is -2.36. The Bertz CT molecular complexity index is 1300. The third kappa shape index (κ3) is 3.74. The van der Waals surface area contributed by atoms with Crippen LogP contribution in [0.3, 0.4) is 0 Å². The van der Waals surface area contributed by atoms with E-state index in [0.29, 0.717) is 5.89 Å². The molecule has 0 bridgehead atoms. The maximum atomic E-state index is 6.11. The molecule has 4 aromatic rings. The minimum atomic E-state index is 0.0981.